The fourth-order valence-electron chi connectivity index (χ4n) is 4.23. The van der Waals surface area contributed by atoms with E-state index in [0.717, 1.165) is 65.5 Å². The summed E-state index contributed by atoms with van der Waals surface area (Å²) in [6, 6.07) is 16.1. The van der Waals surface area contributed by atoms with Gasteiger partial charge in [-0.1, -0.05) is 0 Å². The number of nitrogens with zero attached hydrogens (tertiary/aromatic N) is 6. The van der Waals surface area contributed by atoms with Gasteiger partial charge in [0.25, 0.3) is 0 Å². The summed E-state index contributed by atoms with van der Waals surface area (Å²) in [6.07, 6.45) is 4.95. The summed E-state index contributed by atoms with van der Waals surface area (Å²) in [5.41, 5.74) is 4.79. The molecule has 1 aliphatic heterocycles. The van der Waals surface area contributed by atoms with Gasteiger partial charge in [0, 0.05) is 55.2 Å². The number of aryl methyl sites for hydroxylation is 1. The third-order valence-electron chi connectivity index (χ3n) is 6.02. The minimum atomic E-state index is 0.714. The number of benzene rings is 2. The molecule has 1 aliphatic rings. The Hall–Kier alpha value is -4.24. The molecule has 0 atom stereocenters. The van der Waals surface area contributed by atoms with Gasteiger partial charge in [0.05, 0.1) is 5.52 Å². The predicted octanol–water partition coefficient (Wildman–Crippen LogP) is 3.93. The molecule has 6 rings (SSSR count). The van der Waals surface area contributed by atoms with E-state index in [1.807, 2.05) is 37.4 Å². The molecule has 0 aliphatic carbocycles. The SMILES string of the molecule is Cc1cc(Nc2ncnc3ccc(N4CCNCC4)cc23)ccc1Oc1ccn2ncnc2c1. The summed E-state index contributed by atoms with van der Waals surface area (Å²) in [5, 5.41) is 12.0. The molecule has 1 saturated heterocycles. The van der Waals surface area contributed by atoms with Crippen LogP contribution in [0.25, 0.3) is 16.6 Å². The Morgan fingerprint density at radius 2 is 1.85 bits per heavy atom. The lowest BCUT2D eigenvalue weighted by molar-refractivity contribution is 0.478. The maximum Gasteiger partial charge on any atom is 0.158 e. The molecule has 0 saturated carbocycles. The molecule has 0 radical (unpaired) electrons. The van der Waals surface area contributed by atoms with Crippen LogP contribution in [-0.2, 0) is 0 Å². The highest BCUT2D eigenvalue weighted by Gasteiger charge is 2.13. The first-order chi connectivity index (χ1) is 16.7. The molecule has 2 N–H and O–H groups in total. The van der Waals surface area contributed by atoms with E-state index >= 15 is 0 Å². The van der Waals surface area contributed by atoms with Gasteiger partial charge in [-0.05, 0) is 55.0 Å². The zero-order valence-electron chi connectivity index (χ0n) is 18.8. The van der Waals surface area contributed by atoms with Crippen LogP contribution in [0.1, 0.15) is 5.56 Å². The van der Waals surface area contributed by atoms with Crippen LogP contribution < -0.4 is 20.3 Å². The smallest absolute Gasteiger partial charge is 0.158 e. The van der Waals surface area contributed by atoms with Gasteiger partial charge in [-0.3, -0.25) is 0 Å². The van der Waals surface area contributed by atoms with Crippen LogP contribution >= 0.6 is 0 Å². The van der Waals surface area contributed by atoms with Crippen LogP contribution in [0.2, 0.25) is 0 Å². The van der Waals surface area contributed by atoms with Crippen LogP contribution in [0.15, 0.2) is 67.4 Å². The first kappa shape index (κ1) is 20.4. The lowest BCUT2D eigenvalue weighted by atomic mass is 10.1. The topological polar surface area (TPSA) is 92.5 Å². The van der Waals surface area contributed by atoms with Crippen molar-refractivity contribution in [1.29, 1.82) is 0 Å². The van der Waals surface area contributed by atoms with E-state index in [1.165, 1.54) is 12.0 Å². The molecule has 3 aromatic heterocycles. The number of piperazine rings is 1. The number of pyridine rings is 1. The second kappa shape index (κ2) is 8.60. The molecule has 2 aromatic carbocycles. The van der Waals surface area contributed by atoms with Crippen molar-refractivity contribution in [3.05, 3.63) is 72.9 Å². The van der Waals surface area contributed by atoms with Gasteiger partial charge < -0.3 is 20.3 Å². The Bertz CT molecular complexity index is 1470. The Morgan fingerprint density at radius 3 is 2.74 bits per heavy atom. The van der Waals surface area contributed by atoms with Crippen molar-refractivity contribution >= 4 is 33.7 Å². The van der Waals surface area contributed by atoms with Gasteiger partial charge in [-0.25, -0.2) is 19.5 Å². The van der Waals surface area contributed by atoms with Crippen molar-refractivity contribution in [2.75, 3.05) is 36.4 Å². The molecule has 0 unspecified atom stereocenters. The maximum absolute atomic E-state index is 6.10. The Kier molecular flexibility index (Phi) is 5.15. The number of ether oxygens (including phenoxy) is 1. The third kappa shape index (κ3) is 3.97. The number of aromatic nitrogens is 5. The van der Waals surface area contributed by atoms with Crippen LogP contribution in [0.4, 0.5) is 17.2 Å². The molecule has 0 spiro atoms. The molecular formula is C25H24N8O. The van der Waals surface area contributed by atoms with Crippen LogP contribution in [0, 0.1) is 6.92 Å². The molecule has 170 valence electrons. The number of nitrogens with one attached hydrogen (secondary N) is 2. The van der Waals surface area contributed by atoms with Gasteiger partial charge >= 0.3 is 0 Å². The van der Waals surface area contributed by atoms with Crippen LogP contribution in [0.5, 0.6) is 11.5 Å². The summed E-state index contributed by atoms with van der Waals surface area (Å²) < 4.78 is 7.80. The number of anilines is 3. The third-order valence-corrected chi connectivity index (χ3v) is 6.02. The van der Waals surface area contributed by atoms with Gasteiger partial charge in [-0.15, -0.1) is 0 Å². The number of rotatable bonds is 5. The minimum absolute atomic E-state index is 0.714. The highest BCUT2D eigenvalue weighted by molar-refractivity contribution is 5.93. The van der Waals surface area contributed by atoms with Crippen molar-refractivity contribution in [3.63, 3.8) is 0 Å². The lowest BCUT2D eigenvalue weighted by Gasteiger charge is -2.29. The van der Waals surface area contributed by atoms with E-state index in [4.69, 9.17) is 4.74 Å². The maximum atomic E-state index is 6.10. The van der Waals surface area contributed by atoms with Gasteiger partial charge in [0.15, 0.2) is 5.65 Å². The molecule has 9 heteroatoms. The largest absolute Gasteiger partial charge is 0.457 e. The summed E-state index contributed by atoms with van der Waals surface area (Å²) in [4.78, 5) is 15.6. The van der Waals surface area contributed by atoms with Crippen molar-refractivity contribution < 1.29 is 4.74 Å². The molecule has 0 amide bonds. The fourth-order valence-corrected chi connectivity index (χ4v) is 4.23. The number of fused-ring (bicyclic) bond motifs is 2. The van der Waals surface area contributed by atoms with Crippen LogP contribution in [0.3, 0.4) is 0 Å². The normalized spacial score (nSPS) is 14.0. The molecule has 0 bridgehead atoms. The monoisotopic (exact) mass is 452 g/mol. The molecular weight excluding hydrogens is 428 g/mol. The summed E-state index contributed by atoms with van der Waals surface area (Å²) in [5.74, 6) is 2.28. The first-order valence-electron chi connectivity index (χ1n) is 11.3. The quantitative estimate of drug-likeness (QED) is 0.415. The molecule has 1 fully saturated rings. The summed E-state index contributed by atoms with van der Waals surface area (Å²) in [7, 11) is 0. The molecule has 9 nitrogen and oxygen atoms in total. The van der Waals surface area contributed by atoms with E-state index in [2.05, 4.69) is 59.8 Å². The zero-order chi connectivity index (χ0) is 22.9. The number of hydrogen-bond acceptors (Lipinski definition) is 8. The van der Waals surface area contributed by atoms with Crippen molar-refractivity contribution in [2.45, 2.75) is 6.92 Å². The summed E-state index contributed by atoms with van der Waals surface area (Å²) >= 11 is 0. The average molecular weight is 453 g/mol. The molecule has 5 aromatic rings. The first-order valence-corrected chi connectivity index (χ1v) is 11.3. The Morgan fingerprint density at radius 1 is 0.941 bits per heavy atom. The summed E-state index contributed by atoms with van der Waals surface area (Å²) in [6.45, 7) is 6.00. The Balaban J connectivity index is 1.25. The highest BCUT2D eigenvalue weighted by atomic mass is 16.5. The Labute approximate surface area is 196 Å². The van der Waals surface area contributed by atoms with Crippen molar-refractivity contribution in [3.8, 4) is 11.5 Å². The van der Waals surface area contributed by atoms with Gasteiger partial charge in [-0.2, -0.15) is 5.10 Å². The lowest BCUT2D eigenvalue weighted by Crippen LogP contribution is -2.43. The standard InChI is InChI=1S/C25H24N8O/c1-17-12-18(2-5-23(17)34-20-6-9-33-24(14-20)28-16-30-33)31-25-21-13-19(32-10-7-26-8-11-32)3-4-22(21)27-15-29-25/h2-6,9,12-16,26H,7-8,10-11H2,1H3,(H,27,29,31). The zero-order valence-corrected chi connectivity index (χ0v) is 18.8. The van der Waals surface area contributed by atoms with E-state index in [-0.39, 0.29) is 0 Å². The number of hydrogen-bond donors (Lipinski definition) is 2. The molecule has 4 heterocycles. The van der Waals surface area contributed by atoms with Crippen molar-refractivity contribution in [2.24, 2.45) is 0 Å². The average Bonchev–Trinajstić information content (AvgIpc) is 3.34. The van der Waals surface area contributed by atoms with Gasteiger partial charge in [0.1, 0.15) is 30.0 Å². The predicted molar refractivity (Wildman–Crippen MR) is 132 cm³/mol. The highest BCUT2D eigenvalue weighted by Crippen LogP contribution is 2.31. The van der Waals surface area contributed by atoms with Gasteiger partial charge in [0.2, 0.25) is 0 Å². The van der Waals surface area contributed by atoms with E-state index in [1.54, 1.807) is 10.8 Å². The van der Waals surface area contributed by atoms with E-state index < -0.39 is 0 Å². The van der Waals surface area contributed by atoms with E-state index in [0.29, 0.717) is 5.75 Å². The second-order valence-electron chi connectivity index (χ2n) is 8.29. The molecule has 34 heavy (non-hydrogen) atoms. The van der Waals surface area contributed by atoms with E-state index in [9.17, 15) is 0 Å². The van der Waals surface area contributed by atoms with Crippen molar-refractivity contribution in [1.82, 2.24) is 29.9 Å². The minimum Gasteiger partial charge on any atom is -0.457 e. The van der Waals surface area contributed by atoms with Crippen LogP contribution in [-0.4, -0.2) is 50.7 Å². The second-order valence-corrected chi connectivity index (χ2v) is 8.29. The fraction of sp³-hybridized carbons (Fsp3) is 0.200.